The molecule has 0 unspecified atom stereocenters. The van der Waals surface area contributed by atoms with Gasteiger partial charge in [0.05, 0.1) is 12.1 Å². The number of carbonyl (C=O) groups excluding carboxylic acids is 2. The number of carbonyl (C=O) groups is 2. The van der Waals surface area contributed by atoms with Crippen molar-refractivity contribution in [1.29, 1.82) is 0 Å². The summed E-state index contributed by atoms with van der Waals surface area (Å²) in [7, 11) is 0. The topological polar surface area (TPSA) is 84.2 Å². The first-order valence-electron chi connectivity index (χ1n) is 7.07. The molecule has 0 bridgehead atoms. The van der Waals surface area contributed by atoms with Crippen LogP contribution in [0.15, 0.2) is 34.7 Å². The van der Waals surface area contributed by atoms with Crippen molar-refractivity contribution < 1.29 is 14.0 Å². The summed E-state index contributed by atoms with van der Waals surface area (Å²) < 4.78 is 5.59. The van der Waals surface area contributed by atoms with Gasteiger partial charge in [0, 0.05) is 11.5 Å². The van der Waals surface area contributed by atoms with Gasteiger partial charge in [0.2, 0.25) is 17.7 Å². The molecule has 116 valence electrons. The van der Waals surface area contributed by atoms with Crippen LogP contribution in [0.2, 0.25) is 0 Å². The van der Waals surface area contributed by atoms with Gasteiger partial charge in [0.25, 0.3) is 0 Å². The van der Waals surface area contributed by atoms with Crippen molar-refractivity contribution in [3.05, 3.63) is 41.8 Å². The third-order valence-electron chi connectivity index (χ3n) is 3.09. The number of oxazole rings is 1. The molecule has 1 heterocycles. The van der Waals surface area contributed by atoms with Crippen LogP contribution in [0, 0.1) is 12.8 Å². The Hall–Kier alpha value is -2.63. The summed E-state index contributed by atoms with van der Waals surface area (Å²) >= 11 is 0. The fourth-order valence-corrected chi connectivity index (χ4v) is 1.77. The quantitative estimate of drug-likeness (QED) is 0.846. The molecule has 2 rings (SSSR count). The van der Waals surface area contributed by atoms with E-state index in [1.54, 1.807) is 20.8 Å². The van der Waals surface area contributed by atoms with E-state index in [-0.39, 0.29) is 24.2 Å². The highest BCUT2D eigenvalue weighted by Crippen LogP contribution is 2.21. The lowest BCUT2D eigenvalue weighted by Gasteiger charge is -2.08. The highest BCUT2D eigenvalue weighted by Gasteiger charge is 2.15. The SMILES string of the molecule is Cc1oc(-c2ccccc2)nc1CC(=O)NNC(=O)C(C)C. The van der Waals surface area contributed by atoms with Gasteiger partial charge in [-0.3, -0.25) is 20.4 Å². The molecule has 2 amide bonds. The van der Waals surface area contributed by atoms with Crippen LogP contribution in [0.25, 0.3) is 11.5 Å². The minimum Gasteiger partial charge on any atom is -0.441 e. The number of nitrogens with zero attached hydrogens (tertiary/aromatic N) is 1. The maximum absolute atomic E-state index is 11.8. The average Bonchev–Trinajstić information content (AvgIpc) is 2.86. The van der Waals surface area contributed by atoms with Crippen molar-refractivity contribution in [3.8, 4) is 11.5 Å². The zero-order valence-electron chi connectivity index (χ0n) is 12.8. The lowest BCUT2D eigenvalue weighted by Crippen LogP contribution is -2.44. The van der Waals surface area contributed by atoms with Crippen LogP contribution in [-0.4, -0.2) is 16.8 Å². The van der Waals surface area contributed by atoms with Gasteiger partial charge in [-0.2, -0.15) is 0 Å². The predicted octanol–water partition coefficient (Wildman–Crippen LogP) is 2.00. The van der Waals surface area contributed by atoms with Crippen LogP contribution in [0.5, 0.6) is 0 Å². The van der Waals surface area contributed by atoms with E-state index in [0.717, 1.165) is 5.56 Å². The summed E-state index contributed by atoms with van der Waals surface area (Å²) in [6, 6.07) is 9.46. The monoisotopic (exact) mass is 301 g/mol. The van der Waals surface area contributed by atoms with Crippen molar-refractivity contribution in [2.24, 2.45) is 5.92 Å². The van der Waals surface area contributed by atoms with E-state index in [9.17, 15) is 9.59 Å². The summed E-state index contributed by atoms with van der Waals surface area (Å²) in [5, 5.41) is 0. The van der Waals surface area contributed by atoms with Crippen molar-refractivity contribution >= 4 is 11.8 Å². The van der Waals surface area contributed by atoms with Gasteiger partial charge in [-0.15, -0.1) is 0 Å². The van der Waals surface area contributed by atoms with E-state index in [0.29, 0.717) is 17.3 Å². The molecule has 6 heteroatoms. The third-order valence-corrected chi connectivity index (χ3v) is 3.09. The van der Waals surface area contributed by atoms with Crippen LogP contribution in [-0.2, 0) is 16.0 Å². The number of nitrogens with one attached hydrogen (secondary N) is 2. The Labute approximate surface area is 128 Å². The molecule has 0 atom stereocenters. The standard InChI is InChI=1S/C16H19N3O3/c1-10(2)15(21)19-18-14(20)9-13-11(3)22-16(17-13)12-7-5-4-6-8-12/h4-8,10H,9H2,1-3H3,(H,18,20)(H,19,21). The van der Waals surface area contributed by atoms with Crippen molar-refractivity contribution in [2.75, 3.05) is 0 Å². The molecule has 2 N–H and O–H groups in total. The van der Waals surface area contributed by atoms with Gasteiger partial charge in [-0.05, 0) is 19.1 Å². The molecule has 1 aromatic heterocycles. The molecule has 0 aliphatic heterocycles. The Morgan fingerprint density at radius 3 is 2.50 bits per heavy atom. The maximum atomic E-state index is 11.8. The summed E-state index contributed by atoms with van der Waals surface area (Å²) in [5.74, 6) is 0.287. The largest absolute Gasteiger partial charge is 0.441 e. The fourth-order valence-electron chi connectivity index (χ4n) is 1.77. The molecule has 2 aromatic rings. The zero-order valence-corrected chi connectivity index (χ0v) is 12.8. The number of aryl methyl sites for hydroxylation is 1. The first kappa shape index (κ1) is 15.8. The third kappa shape index (κ3) is 3.94. The minimum atomic E-state index is -0.343. The number of hydrogen-bond acceptors (Lipinski definition) is 4. The summed E-state index contributed by atoms with van der Waals surface area (Å²) in [5.41, 5.74) is 6.13. The van der Waals surface area contributed by atoms with E-state index in [1.165, 1.54) is 0 Å². The van der Waals surface area contributed by atoms with Crippen LogP contribution in [0.4, 0.5) is 0 Å². The van der Waals surface area contributed by atoms with E-state index in [1.807, 2.05) is 30.3 Å². The van der Waals surface area contributed by atoms with Crippen molar-refractivity contribution in [1.82, 2.24) is 15.8 Å². The van der Waals surface area contributed by atoms with Crippen molar-refractivity contribution in [3.63, 3.8) is 0 Å². The summed E-state index contributed by atoms with van der Waals surface area (Å²) in [6.07, 6.45) is 0.0422. The molecule has 0 aliphatic carbocycles. The Morgan fingerprint density at radius 2 is 1.86 bits per heavy atom. The number of rotatable bonds is 4. The van der Waals surface area contributed by atoms with Gasteiger partial charge >= 0.3 is 0 Å². The van der Waals surface area contributed by atoms with Gasteiger partial charge in [0.1, 0.15) is 5.76 Å². The van der Waals surface area contributed by atoms with Crippen LogP contribution >= 0.6 is 0 Å². The highest BCUT2D eigenvalue weighted by atomic mass is 16.4. The first-order chi connectivity index (χ1) is 10.5. The Kier molecular flexibility index (Phi) is 4.93. The van der Waals surface area contributed by atoms with Crippen molar-refractivity contribution in [2.45, 2.75) is 27.2 Å². The van der Waals surface area contributed by atoms with Crippen LogP contribution in [0.3, 0.4) is 0 Å². The second-order valence-electron chi connectivity index (χ2n) is 5.26. The van der Waals surface area contributed by atoms with Gasteiger partial charge in [-0.1, -0.05) is 32.0 Å². The second-order valence-corrected chi connectivity index (χ2v) is 5.26. The molecule has 0 saturated heterocycles. The Balaban J connectivity index is 2.00. The minimum absolute atomic E-state index is 0.0422. The lowest BCUT2D eigenvalue weighted by atomic mass is 10.2. The zero-order chi connectivity index (χ0) is 16.1. The molecular weight excluding hydrogens is 282 g/mol. The molecule has 0 saturated carbocycles. The molecule has 0 spiro atoms. The van der Waals surface area contributed by atoms with Crippen LogP contribution < -0.4 is 10.9 Å². The van der Waals surface area contributed by atoms with Crippen LogP contribution in [0.1, 0.15) is 25.3 Å². The van der Waals surface area contributed by atoms with E-state index < -0.39 is 0 Å². The number of amides is 2. The summed E-state index contributed by atoms with van der Waals surface area (Å²) in [6.45, 7) is 5.25. The smallest absolute Gasteiger partial charge is 0.244 e. The number of hydrogen-bond donors (Lipinski definition) is 2. The average molecular weight is 301 g/mol. The maximum Gasteiger partial charge on any atom is 0.244 e. The second kappa shape index (κ2) is 6.89. The molecule has 6 nitrogen and oxygen atoms in total. The van der Waals surface area contributed by atoms with E-state index in [4.69, 9.17) is 4.42 Å². The molecule has 0 radical (unpaired) electrons. The molecule has 0 aliphatic rings. The molecule has 1 aromatic carbocycles. The lowest BCUT2D eigenvalue weighted by molar-refractivity contribution is -0.130. The predicted molar refractivity (Wildman–Crippen MR) is 81.5 cm³/mol. The number of hydrazine groups is 1. The fraction of sp³-hybridized carbons (Fsp3) is 0.312. The number of benzene rings is 1. The first-order valence-corrected chi connectivity index (χ1v) is 7.07. The van der Waals surface area contributed by atoms with Gasteiger partial charge < -0.3 is 4.42 Å². The summed E-state index contributed by atoms with van der Waals surface area (Å²) in [4.78, 5) is 27.6. The van der Waals surface area contributed by atoms with Gasteiger partial charge in [0.15, 0.2) is 0 Å². The Morgan fingerprint density at radius 1 is 1.18 bits per heavy atom. The molecular formula is C16H19N3O3. The van der Waals surface area contributed by atoms with E-state index >= 15 is 0 Å². The van der Waals surface area contributed by atoms with Gasteiger partial charge in [-0.25, -0.2) is 4.98 Å². The molecule has 0 fully saturated rings. The normalized spacial score (nSPS) is 10.5. The Bertz CT molecular complexity index is 663. The highest BCUT2D eigenvalue weighted by molar-refractivity contribution is 5.83. The number of aromatic nitrogens is 1. The molecule has 22 heavy (non-hydrogen) atoms. The van der Waals surface area contributed by atoms with E-state index in [2.05, 4.69) is 15.8 Å².